The molecule has 0 saturated carbocycles. The van der Waals surface area contributed by atoms with Crippen molar-refractivity contribution in [3.8, 4) is 0 Å². The molecule has 1 aromatic rings. The molecule has 1 aliphatic rings. The van der Waals surface area contributed by atoms with Gasteiger partial charge in [-0.3, -0.25) is 4.79 Å². The lowest BCUT2D eigenvalue weighted by molar-refractivity contribution is -0.144. The third-order valence-corrected chi connectivity index (χ3v) is 3.77. The van der Waals surface area contributed by atoms with Crippen molar-refractivity contribution >= 4 is 11.5 Å². The Morgan fingerprint density at radius 3 is 3.00 bits per heavy atom. The molecule has 1 heterocycles. The summed E-state index contributed by atoms with van der Waals surface area (Å²) in [7, 11) is 0. The van der Waals surface area contributed by atoms with E-state index in [9.17, 15) is 9.18 Å². The van der Waals surface area contributed by atoms with Crippen LogP contribution in [0.3, 0.4) is 0 Å². The molecule has 0 bridgehead atoms. The molecule has 0 aliphatic heterocycles. The molecule has 0 N–H and O–H groups in total. The van der Waals surface area contributed by atoms with Crippen LogP contribution in [0.25, 0.3) is 5.57 Å². The molecule has 1 aromatic heterocycles. The number of rotatable bonds is 4. The van der Waals surface area contributed by atoms with Gasteiger partial charge in [-0.05, 0) is 56.2 Å². The van der Waals surface area contributed by atoms with E-state index in [4.69, 9.17) is 4.74 Å². The van der Waals surface area contributed by atoms with Gasteiger partial charge < -0.3 is 4.74 Å². The number of nitrogens with zero attached hydrogens (tertiary/aromatic N) is 1. The number of carbonyl (C=O) groups is 1. The predicted octanol–water partition coefficient (Wildman–Crippen LogP) is 3.67. The van der Waals surface area contributed by atoms with Crippen LogP contribution in [-0.2, 0) is 9.53 Å². The van der Waals surface area contributed by atoms with E-state index < -0.39 is 5.95 Å². The number of carbonyl (C=O) groups excluding carboxylic acids is 1. The van der Waals surface area contributed by atoms with Crippen molar-refractivity contribution in [2.24, 2.45) is 5.92 Å². The molecule has 0 saturated heterocycles. The van der Waals surface area contributed by atoms with E-state index in [2.05, 4.69) is 11.1 Å². The fourth-order valence-electron chi connectivity index (χ4n) is 2.63. The summed E-state index contributed by atoms with van der Waals surface area (Å²) in [5, 5.41) is 0. The van der Waals surface area contributed by atoms with Gasteiger partial charge in [0.15, 0.2) is 0 Å². The highest BCUT2D eigenvalue weighted by Crippen LogP contribution is 2.33. The summed E-state index contributed by atoms with van der Waals surface area (Å²) in [5.41, 5.74) is 2.69. The molecule has 4 heteroatoms. The fraction of sp³-hybridized carbons (Fsp3) is 0.500. The molecule has 108 valence electrons. The molecule has 0 amide bonds. The van der Waals surface area contributed by atoms with Gasteiger partial charge in [-0.1, -0.05) is 6.08 Å². The summed E-state index contributed by atoms with van der Waals surface area (Å²) in [5.74, 6) is -0.192. The highest BCUT2D eigenvalue weighted by atomic mass is 19.1. The van der Waals surface area contributed by atoms with Crippen molar-refractivity contribution in [3.63, 3.8) is 0 Å². The minimum atomic E-state index is -0.406. The number of allylic oxidation sites excluding steroid dienone is 2. The van der Waals surface area contributed by atoms with Gasteiger partial charge >= 0.3 is 5.97 Å². The van der Waals surface area contributed by atoms with E-state index in [-0.39, 0.29) is 5.97 Å². The third-order valence-electron chi connectivity index (χ3n) is 3.77. The van der Waals surface area contributed by atoms with E-state index in [1.165, 1.54) is 6.20 Å². The van der Waals surface area contributed by atoms with Crippen LogP contribution < -0.4 is 0 Å². The first-order chi connectivity index (χ1) is 9.61. The van der Waals surface area contributed by atoms with Crippen molar-refractivity contribution < 1.29 is 13.9 Å². The number of hydrogen-bond acceptors (Lipinski definition) is 3. The first-order valence-electron chi connectivity index (χ1n) is 7.08. The van der Waals surface area contributed by atoms with Gasteiger partial charge in [0.05, 0.1) is 6.61 Å². The molecule has 1 atom stereocenters. The first kappa shape index (κ1) is 14.7. The Kier molecular flexibility index (Phi) is 4.88. The summed E-state index contributed by atoms with van der Waals surface area (Å²) in [6.45, 7) is 4.00. The Hall–Kier alpha value is -1.71. The molecule has 1 aliphatic carbocycles. The van der Waals surface area contributed by atoms with Crippen LogP contribution in [0, 0.1) is 18.8 Å². The van der Waals surface area contributed by atoms with Crippen LogP contribution in [0.15, 0.2) is 18.3 Å². The van der Waals surface area contributed by atoms with Gasteiger partial charge in [0, 0.05) is 18.2 Å². The molecule has 2 rings (SSSR count). The Morgan fingerprint density at radius 1 is 1.55 bits per heavy atom. The van der Waals surface area contributed by atoms with E-state index in [0.717, 1.165) is 30.4 Å². The summed E-state index contributed by atoms with van der Waals surface area (Å²) in [6.07, 6.45) is 6.75. The minimum absolute atomic E-state index is 0.125. The van der Waals surface area contributed by atoms with Crippen LogP contribution in [0.4, 0.5) is 4.39 Å². The highest BCUT2D eigenvalue weighted by Gasteiger charge is 2.20. The number of ether oxygens (including phenoxy) is 1. The monoisotopic (exact) mass is 277 g/mol. The molecule has 1 unspecified atom stereocenters. The van der Waals surface area contributed by atoms with E-state index in [0.29, 0.717) is 24.5 Å². The number of esters is 1. The van der Waals surface area contributed by atoms with Crippen molar-refractivity contribution in [1.29, 1.82) is 0 Å². The number of hydrogen-bond donors (Lipinski definition) is 0. The average molecular weight is 277 g/mol. The number of pyridine rings is 1. The lowest BCUT2D eigenvalue weighted by atomic mass is 9.84. The van der Waals surface area contributed by atoms with E-state index in [1.54, 1.807) is 6.92 Å². The molecule has 0 fully saturated rings. The summed E-state index contributed by atoms with van der Waals surface area (Å²) >= 11 is 0. The Morgan fingerprint density at radius 2 is 2.35 bits per heavy atom. The molecule has 0 aromatic carbocycles. The molecular weight excluding hydrogens is 257 g/mol. The van der Waals surface area contributed by atoms with Crippen molar-refractivity contribution in [3.05, 3.63) is 35.4 Å². The van der Waals surface area contributed by atoms with E-state index in [1.807, 2.05) is 13.0 Å². The number of aromatic nitrogens is 1. The van der Waals surface area contributed by atoms with Crippen LogP contribution in [-0.4, -0.2) is 17.6 Å². The summed E-state index contributed by atoms with van der Waals surface area (Å²) < 4.78 is 18.4. The van der Waals surface area contributed by atoms with Gasteiger partial charge in [0.1, 0.15) is 0 Å². The predicted molar refractivity (Wildman–Crippen MR) is 75.5 cm³/mol. The normalized spacial score (nSPS) is 18.6. The molecule has 0 radical (unpaired) electrons. The van der Waals surface area contributed by atoms with Crippen LogP contribution in [0.1, 0.15) is 43.7 Å². The zero-order valence-electron chi connectivity index (χ0n) is 12.0. The SMILES string of the molecule is CCOC(=O)CC1CC=C(c2ccnc(F)c2C)CC1. The second-order valence-electron chi connectivity index (χ2n) is 5.15. The van der Waals surface area contributed by atoms with E-state index >= 15 is 0 Å². The maximum atomic E-state index is 13.5. The lowest BCUT2D eigenvalue weighted by Gasteiger charge is -2.22. The minimum Gasteiger partial charge on any atom is -0.466 e. The van der Waals surface area contributed by atoms with Gasteiger partial charge in [0.25, 0.3) is 0 Å². The zero-order valence-corrected chi connectivity index (χ0v) is 12.0. The van der Waals surface area contributed by atoms with Crippen molar-refractivity contribution in [2.75, 3.05) is 6.61 Å². The molecule has 3 nitrogen and oxygen atoms in total. The van der Waals surface area contributed by atoms with Crippen molar-refractivity contribution in [2.45, 2.75) is 39.5 Å². The molecule has 0 spiro atoms. The van der Waals surface area contributed by atoms with Crippen LogP contribution in [0.2, 0.25) is 0 Å². The van der Waals surface area contributed by atoms with Gasteiger partial charge in [-0.25, -0.2) is 4.98 Å². The first-order valence-corrected chi connectivity index (χ1v) is 7.08. The Bertz CT molecular complexity index is 525. The maximum absolute atomic E-state index is 13.5. The van der Waals surface area contributed by atoms with Crippen molar-refractivity contribution in [1.82, 2.24) is 4.98 Å². The maximum Gasteiger partial charge on any atom is 0.306 e. The quantitative estimate of drug-likeness (QED) is 0.622. The van der Waals surface area contributed by atoms with Gasteiger partial charge in [0.2, 0.25) is 5.95 Å². The lowest BCUT2D eigenvalue weighted by Crippen LogP contribution is -2.14. The van der Waals surface area contributed by atoms with Gasteiger partial charge in [-0.15, -0.1) is 0 Å². The second kappa shape index (κ2) is 6.64. The summed E-state index contributed by atoms with van der Waals surface area (Å²) in [6, 6.07) is 1.86. The molecular formula is C16H20FNO2. The topological polar surface area (TPSA) is 39.2 Å². The van der Waals surface area contributed by atoms with Gasteiger partial charge in [-0.2, -0.15) is 4.39 Å². The highest BCUT2D eigenvalue weighted by molar-refractivity contribution is 5.71. The van der Waals surface area contributed by atoms with Crippen LogP contribution >= 0.6 is 0 Å². The fourth-order valence-corrected chi connectivity index (χ4v) is 2.63. The second-order valence-corrected chi connectivity index (χ2v) is 5.15. The zero-order chi connectivity index (χ0) is 14.5. The van der Waals surface area contributed by atoms with Crippen LogP contribution in [0.5, 0.6) is 0 Å². The number of halogens is 1. The smallest absolute Gasteiger partial charge is 0.306 e. The third kappa shape index (κ3) is 3.44. The Balaban J connectivity index is 2.02. The molecule has 20 heavy (non-hydrogen) atoms. The largest absolute Gasteiger partial charge is 0.466 e. The summed E-state index contributed by atoms with van der Waals surface area (Å²) in [4.78, 5) is 15.1. The standard InChI is InChI=1S/C16H20FNO2/c1-3-20-15(19)10-12-4-6-13(7-5-12)14-8-9-18-16(17)11(14)2/h6,8-9,12H,3-5,7,10H2,1-2H3. The Labute approximate surface area is 118 Å². The average Bonchev–Trinajstić information content (AvgIpc) is 2.43.